The van der Waals surface area contributed by atoms with Crippen molar-refractivity contribution >= 4 is 43.9 Å². The van der Waals surface area contributed by atoms with E-state index in [0.717, 1.165) is 55.1 Å². The van der Waals surface area contributed by atoms with Crippen molar-refractivity contribution in [1.82, 2.24) is 39.9 Å². The second-order valence-electron chi connectivity index (χ2n) is 7.55. The third-order valence-electron chi connectivity index (χ3n) is 5.81. The van der Waals surface area contributed by atoms with Crippen LogP contribution in [0, 0.1) is 0 Å². The van der Waals surface area contributed by atoms with Crippen LogP contribution in [0.3, 0.4) is 0 Å². The first-order valence-corrected chi connectivity index (χ1v) is 10.1. The van der Waals surface area contributed by atoms with Crippen molar-refractivity contribution in [3.05, 3.63) is 73.8 Å². The molecule has 2 N–H and O–H groups in total. The van der Waals surface area contributed by atoms with E-state index in [0.29, 0.717) is 11.3 Å². The van der Waals surface area contributed by atoms with Crippen molar-refractivity contribution < 1.29 is 0 Å². The van der Waals surface area contributed by atoms with Gasteiger partial charge in [-0.15, -0.1) is 0 Å². The lowest BCUT2D eigenvalue weighted by Crippen LogP contribution is -1.93. The van der Waals surface area contributed by atoms with Gasteiger partial charge < -0.3 is 9.97 Å². The maximum Gasteiger partial charge on any atom is 0.161 e. The number of aromatic amines is 2. The van der Waals surface area contributed by atoms with Gasteiger partial charge in [0.15, 0.2) is 11.3 Å². The second-order valence-corrected chi connectivity index (χ2v) is 7.55. The highest BCUT2D eigenvalue weighted by molar-refractivity contribution is 6.15. The van der Waals surface area contributed by atoms with Gasteiger partial charge in [0.25, 0.3) is 0 Å². The molecular weight excluding hydrogens is 400 g/mol. The van der Waals surface area contributed by atoms with Crippen LogP contribution in [0.5, 0.6) is 0 Å². The summed E-state index contributed by atoms with van der Waals surface area (Å²) in [5.74, 6) is 0. The molecule has 0 aliphatic heterocycles. The van der Waals surface area contributed by atoms with Crippen molar-refractivity contribution in [3.63, 3.8) is 0 Å². The number of nitrogens with zero attached hydrogens (tertiary/aromatic N) is 6. The van der Waals surface area contributed by atoms with E-state index >= 15 is 0 Å². The van der Waals surface area contributed by atoms with Gasteiger partial charge in [-0.05, 0) is 33.7 Å². The first-order valence-electron chi connectivity index (χ1n) is 10.1. The molecule has 0 saturated carbocycles. The predicted octanol–water partition coefficient (Wildman–Crippen LogP) is 4.66. The Morgan fingerprint density at radius 2 is 1.25 bits per heavy atom. The van der Waals surface area contributed by atoms with E-state index in [-0.39, 0.29) is 0 Å². The molecule has 0 aliphatic rings. The molecule has 0 spiro atoms. The fourth-order valence-electron chi connectivity index (χ4n) is 4.39. The van der Waals surface area contributed by atoms with E-state index in [1.807, 2.05) is 12.1 Å². The van der Waals surface area contributed by atoms with E-state index in [4.69, 9.17) is 0 Å². The molecule has 8 heteroatoms. The van der Waals surface area contributed by atoms with E-state index < -0.39 is 0 Å². The molecule has 7 rings (SSSR count). The summed E-state index contributed by atoms with van der Waals surface area (Å²) in [6, 6.07) is 16.9. The quantitative estimate of drug-likeness (QED) is 0.398. The molecule has 0 bridgehead atoms. The minimum Gasteiger partial charge on any atom is -0.329 e. The van der Waals surface area contributed by atoms with Gasteiger partial charge in [-0.25, -0.2) is 29.9 Å². The van der Waals surface area contributed by atoms with Crippen LogP contribution in [-0.4, -0.2) is 39.9 Å². The molecule has 3 aromatic carbocycles. The minimum absolute atomic E-state index is 0.710. The summed E-state index contributed by atoms with van der Waals surface area (Å²) in [7, 11) is 0. The Morgan fingerprint density at radius 3 is 2.06 bits per heavy atom. The smallest absolute Gasteiger partial charge is 0.161 e. The van der Waals surface area contributed by atoms with Gasteiger partial charge in [-0.1, -0.05) is 36.4 Å². The van der Waals surface area contributed by atoms with Crippen molar-refractivity contribution in [2.45, 2.75) is 0 Å². The highest BCUT2D eigenvalue weighted by Gasteiger charge is 2.17. The molecule has 4 aromatic heterocycles. The van der Waals surface area contributed by atoms with Crippen LogP contribution in [-0.2, 0) is 0 Å². The number of hydrogen-bond donors (Lipinski definition) is 2. The minimum atomic E-state index is 0.710. The summed E-state index contributed by atoms with van der Waals surface area (Å²) >= 11 is 0. The fourth-order valence-corrected chi connectivity index (χ4v) is 4.39. The molecule has 150 valence electrons. The summed E-state index contributed by atoms with van der Waals surface area (Å²) in [6.07, 6.45) is 6.42. The zero-order valence-electron chi connectivity index (χ0n) is 16.6. The molecular formula is C24H14N8. The third kappa shape index (κ3) is 2.37. The Bertz CT molecular complexity index is 1800. The van der Waals surface area contributed by atoms with Crippen LogP contribution in [0.1, 0.15) is 0 Å². The van der Waals surface area contributed by atoms with Crippen molar-refractivity contribution in [2.75, 3.05) is 0 Å². The Morgan fingerprint density at radius 1 is 0.562 bits per heavy atom. The van der Waals surface area contributed by atoms with Gasteiger partial charge in [0.1, 0.15) is 35.1 Å². The van der Waals surface area contributed by atoms with Crippen LogP contribution in [0.2, 0.25) is 0 Å². The summed E-state index contributed by atoms with van der Waals surface area (Å²) in [5.41, 5.74) is 6.46. The van der Waals surface area contributed by atoms with Crippen LogP contribution in [0.4, 0.5) is 0 Å². The average molecular weight is 414 g/mol. The van der Waals surface area contributed by atoms with Gasteiger partial charge in [0.05, 0.1) is 12.7 Å². The first kappa shape index (κ1) is 17.0. The van der Waals surface area contributed by atoms with Crippen LogP contribution >= 0.6 is 0 Å². The third-order valence-corrected chi connectivity index (χ3v) is 5.81. The number of hydrogen-bond acceptors (Lipinski definition) is 6. The fraction of sp³-hybridized carbons (Fsp3) is 0. The molecule has 0 fully saturated rings. The van der Waals surface area contributed by atoms with Gasteiger partial charge in [-0.2, -0.15) is 0 Å². The van der Waals surface area contributed by atoms with E-state index in [2.05, 4.69) is 76.3 Å². The SMILES string of the molecule is c1ccc2c(-c3ncnc4[nH]cnc34)c3cc(-c4ncnc5[nH]cnc45)ccc3cc2c1. The molecule has 0 amide bonds. The van der Waals surface area contributed by atoms with Crippen LogP contribution in [0.15, 0.2) is 73.8 Å². The maximum absolute atomic E-state index is 4.66. The molecule has 4 heterocycles. The Kier molecular flexibility index (Phi) is 3.40. The van der Waals surface area contributed by atoms with Gasteiger partial charge in [0.2, 0.25) is 0 Å². The number of benzene rings is 3. The Hall–Kier alpha value is -4.72. The normalized spacial score (nSPS) is 11.8. The monoisotopic (exact) mass is 414 g/mol. The highest BCUT2D eigenvalue weighted by atomic mass is 15.0. The van der Waals surface area contributed by atoms with Crippen molar-refractivity contribution in [3.8, 4) is 22.5 Å². The Labute approximate surface area is 180 Å². The molecule has 32 heavy (non-hydrogen) atoms. The zero-order valence-corrected chi connectivity index (χ0v) is 16.6. The maximum atomic E-state index is 4.66. The lowest BCUT2D eigenvalue weighted by molar-refractivity contribution is 1.20. The van der Waals surface area contributed by atoms with E-state index in [1.165, 1.54) is 0 Å². The molecule has 0 saturated heterocycles. The highest BCUT2D eigenvalue weighted by Crippen LogP contribution is 2.39. The topological polar surface area (TPSA) is 109 Å². The number of imidazole rings is 2. The average Bonchev–Trinajstić information content (AvgIpc) is 3.51. The summed E-state index contributed by atoms with van der Waals surface area (Å²) < 4.78 is 0. The van der Waals surface area contributed by atoms with Crippen LogP contribution < -0.4 is 0 Å². The largest absolute Gasteiger partial charge is 0.329 e. The molecule has 0 aliphatic carbocycles. The van der Waals surface area contributed by atoms with Gasteiger partial charge in [0, 0.05) is 11.1 Å². The zero-order chi connectivity index (χ0) is 21.1. The van der Waals surface area contributed by atoms with Gasteiger partial charge >= 0.3 is 0 Å². The van der Waals surface area contributed by atoms with Crippen LogP contribution in [0.25, 0.3) is 66.4 Å². The number of H-pyrrole nitrogens is 2. The van der Waals surface area contributed by atoms with Gasteiger partial charge in [-0.3, -0.25) is 0 Å². The molecule has 8 nitrogen and oxygen atoms in total. The lowest BCUT2D eigenvalue weighted by Gasteiger charge is -2.13. The predicted molar refractivity (Wildman–Crippen MR) is 123 cm³/mol. The summed E-state index contributed by atoms with van der Waals surface area (Å²) in [6.45, 7) is 0. The molecule has 0 unspecified atom stereocenters. The first-order chi connectivity index (χ1) is 15.9. The number of aromatic nitrogens is 8. The number of nitrogens with one attached hydrogen (secondary N) is 2. The summed E-state index contributed by atoms with van der Waals surface area (Å²) in [5, 5.41) is 4.41. The van der Waals surface area contributed by atoms with E-state index in [9.17, 15) is 0 Å². The van der Waals surface area contributed by atoms with Crippen molar-refractivity contribution in [2.24, 2.45) is 0 Å². The number of rotatable bonds is 2. The second kappa shape index (κ2) is 6.39. The molecule has 7 aromatic rings. The molecule has 0 atom stereocenters. The molecule has 0 radical (unpaired) electrons. The van der Waals surface area contributed by atoms with Crippen molar-refractivity contribution in [1.29, 1.82) is 0 Å². The van der Waals surface area contributed by atoms with E-state index in [1.54, 1.807) is 25.3 Å². The lowest BCUT2D eigenvalue weighted by atomic mass is 9.92. The Balaban J connectivity index is 1.62. The standard InChI is InChI=1S/C24H14N8/c1-2-4-16-13(3-1)7-14-5-6-15(19-21-23(29-9-25-19)31-11-27-21)8-17(14)18(16)20-22-24(30-10-26-20)32-12-28-22/h1-12H,(H,25,27,29,31)(H,26,28,30,32). The number of fused-ring (bicyclic) bond motifs is 4. The summed E-state index contributed by atoms with van der Waals surface area (Å²) in [4.78, 5) is 32.8.